The van der Waals surface area contributed by atoms with Crippen LogP contribution in [0.5, 0.6) is 0 Å². The molecule has 0 saturated carbocycles. The largest absolute Gasteiger partial charge is 0.399 e. The van der Waals surface area contributed by atoms with E-state index in [0.717, 1.165) is 17.5 Å². The van der Waals surface area contributed by atoms with E-state index in [1.165, 1.54) is 0 Å². The Hall–Kier alpha value is -2.86. The molecule has 0 heterocycles. The molecule has 0 aromatic heterocycles. The summed E-state index contributed by atoms with van der Waals surface area (Å²) >= 11 is 0. The molecule has 1 amide bonds. The van der Waals surface area contributed by atoms with Crippen LogP contribution in [-0.2, 0) is 11.3 Å². The zero-order chi connectivity index (χ0) is 17.4. The summed E-state index contributed by atoms with van der Waals surface area (Å²) in [6.07, 6.45) is 2.53. The van der Waals surface area contributed by atoms with Gasteiger partial charge in [0.25, 0.3) is 5.91 Å². The third-order valence-corrected chi connectivity index (χ3v) is 3.32. The van der Waals surface area contributed by atoms with Crippen LogP contribution < -0.4 is 16.9 Å². The molecule has 0 saturated heterocycles. The van der Waals surface area contributed by atoms with Crippen LogP contribution >= 0.6 is 0 Å². The number of hydrogen-bond donors (Lipinski definition) is 3. The Morgan fingerprint density at radius 1 is 1.17 bits per heavy atom. The van der Waals surface area contributed by atoms with E-state index in [0.29, 0.717) is 30.2 Å². The Bertz CT molecular complexity index is 711. The molecular formula is C18H22N4O2. The van der Waals surface area contributed by atoms with E-state index in [9.17, 15) is 4.79 Å². The van der Waals surface area contributed by atoms with Crippen molar-refractivity contribution in [1.82, 2.24) is 5.43 Å². The first kappa shape index (κ1) is 17.5. The van der Waals surface area contributed by atoms with Crippen molar-refractivity contribution in [3.8, 4) is 0 Å². The Kier molecular flexibility index (Phi) is 6.33. The minimum Gasteiger partial charge on any atom is -0.399 e. The number of nitrogen functional groups attached to an aromatic ring is 2. The maximum absolute atomic E-state index is 12.0. The van der Waals surface area contributed by atoms with Crippen LogP contribution in [0.2, 0.25) is 0 Å². The van der Waals surface area contributed by atoms with Crippen molar-refractivity contribution in [3.63, 3.8) is 0 Å². The molecule has 0 atom stereocenters. The molecular weight excluding hydrogens is 304 g/mol. The Morgan fingerprint density at radius 3 is 2.58 bits per heavy atom. The summed E-state index contributed by atoms with van der Waals surface area (Å²) < 4.78 is 5.56. The lowest BCUT2D eigenvalue weighted by molar-refractivity contribution is 0.0955. The molecule has 0 bridgehead atoms. The molecule has 0 spiro atoms. The second-order valence-corrected chi connectivity index (χ2v) is 5.33. The van der Waals surface area contributed by atoms with Gasteiger partial charge >= 0.3 is 0 Å². The third kappa shape index (κ3) is 5.10. The standard InChI is InChI=1S/C18H22N4O2/c1-2-9-24-12-15-10-17(20)8-5-14(15)11-21-22-18(23)13-3-6-16(19)7-4-13/h3-8,10-11H,2,9,12,19-20H2,1H3,(H,22,23)/b21-11+. The van der Waals surface area contributed by atoms with Crippen LogP contribution in [-0.4, -0.2) is 18.7 Å². The number of rotatable bonds is 7. The summed E-state index contributed by atoms with van der Waals surface area (Å²) in [5.41, 5.74) is 17.4. The maximum atomic E-state index is 12.0. The van der Waals surface area contributed by atoms with Gasteiger partial charge in [0, 0.05) is 29.1 Å². The molecule has 0 radical (unpaired) electrons. The first-order chi connectivity index (χ1) is 11.6. The summed E-state index contributed by atoms with van der Waals surface area (Å²) in [5.74, 6) is -0.300. The van der Waals surface area contributed by atoms with Crippen LogP contribution in [0.1, 0.15) is 34.8 Å². The van der Waals surface area contributed by atoms with Gasteiger partial charge in [-0.1, -0.05) is 13.0 Å². The van der Waals surface area contributed by atoms with Crippen molar-refractivity contribution in [2.75, 3.05) is 18.1 Å². The van der Waals surface area contributed by atoms with Crippen molar-refractivity contribution >= 4 is 23.5 Å². The molecule has 126 valence electrons. The van der Waals surface area contributed by atoms with Gasteiger partial charge in [0.05, 0.1) is 12.8 Å². The SMILES string of the molecule is CCCOCc1cc(N)ccc1/C=N/NC(=O)c1ccc(N)cc1. The van der Waals surface area contributed by atoms with Crippen molar-refractivity contribution in [2.45, 2.75) is 20.0 Å². The number of hydrogen-bond acceptors (Lipinski definition) is 5. The summed E-state index contributed by atoms with van der Waals surface area (Å²) in [4.78, 5) is 12.0. The normalized spacial score (nSPS) is 10.9. The molecule has 2 rings (SSSR count). The predicted molar refractivity (Wildman–Crippen MR) is 96.7 cm³/mol. The number of ether oxygens (including phenoxy) is 1. The molecule has 0 unspecified atom stereocenters. The molecule has 5 N–H and O–H groups in total. The van der Waals surface area contributed by atoms with E-state index >= 15 is 0 Å². The number of hydrazone groups is 1. The zero-order valence-corrected chi connectivity index (χ0v) is 13.7. The Balaban J connectivity index is 2.02. The fourth-order valence-electron chi connectivity index (χ4n) is 2.06. The minimum absolute atomic E-state index is 0.300. The zero-order valence-electron chi connectivity index (χ0n) is 13.7. The monoisotopic (exact) mass is 326 g/mol. The molecule has 0 aliphatic rings. The van der Waals surface area contributed by atoms with Crippen LogP contribution in [0.25, 0.3) is 0 Å². The highest BCUT2D eigenvalue weighted by Crippen LogP contribution is 2.13. The van der Waals surface area contributed by atoms with E-state index in [-0.39, 0.29) is 5.91 Å². The van der Waals surface area contributed by atoms with Gasteiger partial charge in [-0.25, -0.2) is 5.43 Å². The third-order valence-electron chi connectivity index (χ3n) is 3.32. The minimum atomic E-state index is -0.300. The van der Waals surface area contributed by atoms with E-state index in [4.69, 9.17) is 16.2 Å². The van der Waals surface area contributed by atoms with E-state index < -0.39 is 0 Å². The lowest BCUT2D eigenvalue weighted by Gasteiger charge is -2.08. The average Bonchev–Trinajstić information content (AvgIpc) is 2.57. The summed E-state index contributed by atoms with van der Waals surface area (Å²) in [5, 5.41) is 4.01. The van der Waals surface area contributed by atoms with Gasteiger partial charge in [-0.2, -0.15) is 5.10 Å². The lowest BCUT2D eigenvalue weighted by atomic mass is 10.1. The molecule has 0 aliphatic carbocycles. The maximum Gasteiger partial charge on any atom is 0.271 e. The summed E-state index contributed by atoms with van der Waals surface area (Å²) in [7, 11) is 0. The quantitative estimate of drug-likeness (QED) is 0.315. The number of amides is 1. The van der Waals surface area contributed by atoms with Crippen LogP contribution in [0, 0.1) is 0 Å². The van der Waals surface area contributed by atoms with Crippen LogP contribution in [0.15, 0.2) is 47.6 Å². The van der Waals surface area contributed by atoms with Gasteiger partial charge in [-0.15, -0.1) is 0 Å². The number of carbonyl (C=O) groups excluding carboxylic acids is 1. The van der Waals surface area contributed by atoms with Crippen LogP contribution in [0.4, 0.5) is 11.4 Å². The second-order valence-electron chi connectivity index (χ2n) is 5.33. The lowest BCUT2D eigenvalue weighted by Crippen LogP contribution is -2.17. The number of benzene rings is 2. The number of nitrogens with zero attached hydrogens (tertiary/aromatic N) is 1. The summed E-state index contributed by atoms with van der Waals surface area (Å²) in [6.45, 7) is 3.18. The van der Waals surface area contributed by atoms with Gasteiger partial charge < -0.3 is 16.2 Å². The topological polar surface area (TPSA) is 103 Å². The fraction of sp³-hybridized carbons (Fsp3) is 0.222. The molecule has 24 heavy (non-hydrogen) atoms. The smallest absolute Gasteiger partial charge is 0.271 e. The van der Waals surface area contributed by atoms with Gasteiger partial charge in [-0.3, -0.25) is 4.79 Å². The summed E-state index contributed by atoms with van der Waals surface area (Å²) in [6, 6.07) is 12.1. The highest BCUT2D eigenvalue weighted by atomic mass is 16.5. The first-order valence-electron chi connectivity index (χ1n) is 7.75. The van der Waals surface area contributed by atoms with Crippen LogP contribution in [0.3, 0.4) is 0 Å². The Morgan fingerprint density at radius 2 is 1.88 bits per heavy atom. The van der Waals surface area contributed by atoms with Crippen molar-refractivity contribution < 1.29 is 9.53 Å². The average molecular weight is 326 g/mol. The second kappa shape index (κ2) is 8.69. The predicted octanol–water partition coefficient (Wildman–Crippen LogP) is 2.54. The molecule has 2 aromatic carbocycles. The highest BCUT2D eigenvalue weighted by Gasteiger charge is 2.04. The molecule has 6 heteroatoms. The van der Waals surface area contributed by atoms with Gasteiger partial charge in [0.2, 0.25) is 0 Å². The van der Waals surface area contributed by atoms with Gasteiger partial charge in [0.1, 0.15) is 0 Å². The van der Waals surface area contributed by atoms with Crippen molar-refractivity contribution in [1.29, 1.82) is 0 Å². The van der Waals surface area contributed by atoms with Gasteiger partial charge in [0.15, 0.2) is 0 Å². The van der Waals surface area contributed by atoms with Gasteiger partial charge in [-0.05, 0) is 48.4 Å². The number of nitrogens with two attached hydrogens (primary N) is 2. The first-order valence-corrected chi connectivity index (χ1v) is 7.75. The van der Waals surface area contributed by atoms with Crippen molar-refractivity contribution in [3.05, 3.63) is 59.2 Å². The fourth-order valence-corrected chi connectivity index (χ4v) is 2.06. The molecule has 0 fully saturated rings. The molecule has 2 aromatic rings. The number of carbonyl (C=O) groups is 1. The molecule has 6 nitrogen and oxygen atoms in total. The van der Waals surface area contributed by atoms with E-state index in [1.54, 1.807) is 36.5 Å². The molecule has 0 aliphatic heterocycles. The Labute approximate surface area is 141 Å². The highest BCUT2D eigenvalue weighted by molar-refractivity contribution is 5.95. The number of nitrogens with one attached hydrogen (secondary N) is 1. The van der Waals surface area contributed by atoms with Crippen molar-refractivity contribution in [2.24, 2.45) is 5.10 Å². The number of anilines is 2. The van der Waals surface area contributed by atoms with E-state index in [2.05, 4.69) is 17.5 Å². The van der Waals surface area contributed by atoms with E-state index in [1.807, 2.05) is 12.1 Å².